The molecule has 0 N–H and O–H groups in total. The Hall–Kier alpha value is -1.75. The average molecular weight is 251 g/mol. The van der Waals surface area contributed by atoms with Crippen LogP contribution < -0.4 is 4.74 Å². The van der Waals surface area contributed by atoms with Crippen LogP contribution in [0.2, 0.25) is 0 Å². The predicted molar refractivity (Wildman–Crippen MR) is 63.2 cm³/mol. The molecular formula is C12H10FNO2S. The Bertz CT molecular complexity index is 565. The number of halogens is 1. The molecule has 0 saturated carbocycles. The van der Waals surface area contributed by atoms with E-state index in [0.29, 0.717) is 16.3 Å². The predicted octanol–water partition coefficient (Wildman–Crippen LogP) is 2.83. The van der Waals surface area contributed by atoms with E-state index in [4.69, 9.17) is 4.74 Å². The van der Waals surface area contributed by atoms with E-state index in [9.17, 15) is 9.18 Å². The lowest BCUT2D eigenvalue weighted by Gasteiger charge is -2.04. The molecule has 0 aliphatic heterocycles. The SMILES string of the molecule is COc1ccc(C(=O)c2scnc2C)c(F)c1. The van der Waals surface area contributed by atoms with Crippen LogP contribution in [0.25, 0.3) is 0 Å². The Balaban J connectivity index is 2.41. The molecule has 2 rings (SSSR count). The van der Waals surface area contributed by atoms with E-state index in [1.165, 1.54) is 30.6 Å². The Morgan fingerprint density at radius 3 is 2.76 bits per heavy atom. The van der Waals surface area contributed by atoms with Crippen LogP contribution in [0.4, 0.5) is 4.39 Å². The summed E-state index contributed by atoms with van der Waals surface area (Å²) in [6, 6.07) is 4.19. The Labute approximate surface area is 102 Å². The molecule has 88 valence electrons. The van der Waals surface area contributed by atoms with Crippen LogP contribution in [0.15, 0.2) is 23.7 Å². The van der Waals surface area contributed by atoms with Gasteiger partial charge < -0.3 is 4.74 Å². The normalized spacial score (nSPS) is 10.3. The minimum absolute atomic E-state index is 0.0400. The summed E-state index contributed by atoms with van der Waals surface area (Å²) in [7, 11) is 1.45. The van der Waals surface area contributed by atoms with E-state index in [0.717, 1.165) is 0 Å². The van der Waals surface area contributed by atoms with Gasteiger partial charge in [0.25, 0.3) is 0 Å². The fourth-order valence-corrected chi connectivity index (χ4v) is 2.21. The summed E-state index contributed by atoms with van der Waals surface area (Å²) >= 11 is 1.21. The molecule has 0 fully saturated rings. The third-order valence-corrected chi connectivity index (χ3v) is 3.30. The summed E-state index contributed by atoms with van der Waals surface area (Å²) in [4.78, 5) is 16.5. The first-order valence-electron chi connectivity index (χ1n) is 4.92. The van der Waals surface area contributed by atoms with Crippen molar-refractivity contribution < 1.29 is 13.9 Å². The van der Waals surface area contributed by atoms with Gasteiger partial charge in [0.15, 0.2) is 0 Å². The van der Waals surface area contributed by atoms with Gasteiger partial charge in [-0.25, -0.2) is 9.37 Å². The van der Waals surface area contributed by atoms with Gasteiger partial charge in [-0.3, -0.25) is 4.79 Å². The number of carbonyl (C=O) groups is 1. The summed E-state index contributed by atoms with van der Waals surface area (Å²) in [6.45, 7) is 1.73. The maximum Gasteiger partial charge on any atom is 0.207 e. The third-order valence-electron chi connectivity index (χ3n) is 2.37. The molecule has 0 saturated heterocycles. The zero-order chi connectivity index (χ0) is 12.4. The highest BCUT2D eigenvalue weighted by molar-refractivity contribution is 7.12. The molecule has 1 aromatic heterocycles. The van der Waals surface area contributed by atoms with Crippen molar-refractivity contribution >= 4 is 17.1 Å². The zero-order valence-electron chi connectivity index (χ0n) is 9.36. The molecule has 0 atom stereocenters. The minimum Gasteiger partial charge on any atom is -0.497 e. The van der Waals surface area contributed by atoms with Gasteiger partial charge in [0, 0.05) is 6.07 Å². The lowest BCUT2D eigenvalue weighted by molar-refractivity contribution is 0.103. The summed E-state index contributed by atoms with van der Waals surface area (Å²) < 4.78 is 18.6. The molecule has 0 aliphatic rings. The molecule has 0 spiro atoms. The maximum atomic E-state index is 13.7. The fraction of sp³-hybridized carbons (Fsp3) is 0.167. The van der Waals surface area contributed by atoms with Crippen LogP contribution in [-0.2, 0) is 0 Å². The van der Waals surface area contributed by atoms with Crippen molar-refractivity contribution in [3.63, 3.8) is 0 Å². The van der Waals surface area contributed by atoms with Crippen LogP contribution in [-0.4, -0.2) is 17.9 Å². The lowest BCUT2D eigenvalue weighted by Crippen LogP contribution is -2.04. The highest BCUT2D eigenvalue weighted by atomic mass is 32.1. The number of ketones is 1. The smallest absolute Gasteiger partial charge is 0.207 e. The van der Waals surface area contributed by atoms with Crippen molar-refractivity contribution in [3.05, 3.63) is 45.7 Å². The number of methoxy groups -OCH3 is 1. The van der Waals surface area contributed by atoms with Crippen LogP contribution in [0, 0.1) is 12.7 Å². The molecule has 2 aromatic rings. The van der Waals surface area contributed by atoms with Gasteiger partial charge in [-0.1, -0.05) is 0 Å². The number of ether oxygens (including phenoxy) is 1. The van der Waals surface area contributed by atoms with Gasteiger partial charge in [0.2, 0.25) is 5.78 Å². The van der Waals surface area contributed by atoms with Crippen molar-refractivity contribution in [3.8, 4) is 5.75 Å². The molecule has 0 unspecified atom stereocenters. The molecule has 1 heterocycles. The average Bonchev–Trinajstić information content (AvgIpc) is 2.74. The first-order valence-corrected chi connectivity index (χ1v) is 5.79. The quantitative estimate of drug-likeness (QED) is 0.787. The van der Waals surface area contributed by atoms with Gasteiger partial charge in [0.05, 0.1) is 28.8 Å². The number of rotatable bonds is 3. The van der Waals surface area contributed by atoms with Crippen LogP contribution in [0.1, 0.15) is 20.9 Å². The summed E-state index contributed by atoms with van der Waals surface area (Å²) in [5, 5.41) is 0. The van der Waals surface area contributed by atoms with Crippen LogP contribution >= 0.6 is 11.3 Å². The van der Waals surface area contributed by atoms with Gasteiger partial charge in [-0.05, 0) is 19.1 Å². The second kappa shape index (κ2) is 4.63. The van der Waals surface area contributed by atoms with E-state index in [1.54, 1.807) is 18.5 Å². The van der Waals surface area contributed by atoms with Gasteiger partial charge >= 0.3 is 0 Å². The molecule has 0 radical (unpaired) electrons. The van der Waals surface area contributed by atoms with Crippen molar-refractivity contribution in [2.75, 3.05) is 7.11 Å². The Morgan fingerprint density at radius 1 is 1.47 bits per heavy atom. The lowest BCUT2D eigenvalue weighted by atomic mass is 10.1. The first kappa shape index (κ1) is 11.7. The summed E-state index contributed by atoms with van der Waals surface area (Å²) in [5.41, 5.74) is 2.23. The standard InChI is InChI=1S/C12H10FNO2S/c1-7-12(17-6-14-7)11(15)9-4-3-8(16-2)5-10(9)13/h3-6H,1-2H3. The number of nitrogens with zero attached hydrogens (tertiary/aromatic N) is 1. The first-order chi connectivity index (χ1) is 8.13. The monoisotopic (exact) mass is 251 g/mol. The molecule has 17 heavy (non-hydrogen) atoms. The second-order valence-electron chi connectivity index (χ2n) is 3.44. The number of carbonyl (C=O) groups excluding carboxylic acids is 1. The zero-order valence-corrected chi connectivity index (χ0v) is 10.2. The number of benzene rings is 1. The third kappa shape index (κ3) is 2.19. The molecule has 1 aromatic carbocycles. The van der Waals surface area contributed by atoms with Crippen molar-refractivity contribution in [2.24, 2.45) is 0 Å². The number of hydrogen-bond donors (Lipinski definition) is 0. The highest BCUT2D eigenvalue weighted by Crippen LogP contribution is 2.22. The number of aromatic nitrogens is 1. The fourth-order valence-electron chi connectivity index (χ4n) is 1.45. The largest absolute Gasteiger partial charge is 0.497 e. The van der Waals surface area contributed by atoms with Crippen molar-refractivity contribution in [1.29, 1.82) is 0 Å². The number of hydrogen-bond acceptors (Lipinski definition) is 4. The van der Waals surface area contributed by atoms with E-state index in [-0.39, 0.29) is 11.3 Å². The van der Waals surface area contributed by atoms with Gasteiger partial charge in [-0.15, -0.1) is 11.3 Å². The summed E-state index contributed by atoms with van der Waals surface area (Å²) in [5.74, 6) is -0.535. The molecule has 5 heteroatoms. The van der Waals surface area contributed by atoms with Crippen LogP contribution in [0.5, 0.6) is 5.75 Å². The van der Waals surface area contributed by atoms with Gasteiger partial charge in [0.1, 0.15) is 11.6 Å². The Kier molecular flexibility index (Phi) is 3.19. The van der Waals surface area contributed by atoms with Gasteiger partial charge in [-0.2, -0.15) is 0 Å². The van der Waals surface area contributed by atoms with Crippen molar-refractivity contribution in [1.82, 2.24) is 4.98 Å². The molecule has 0 amide bonds. The Morgan fingerprint density at radius 2 is 2.24 bits per heavy atom. The highest BCUT2D eigenvalue weighted by Gasteiger charge is 2.18. The molecular weight excluding hydrogens is 241 g/mol. The summed E-state index contributed by atoms with van der Waals surface area (Å²) in [6.07, 6.45) is 0. The maximum absolute atomic E-state index is 13.7. The topological polar surface area (TPSA) is 39.2 Å². The molecule has 0 bridgehead atoms. The minimum atomic E-state index is -0.581. The second-order valence-corrected chi connectivity index (χ2v) is 4.30. The molecule has 0 aliphatic carbocycles. The van der Waals surface area contributed by atoms with Crippen molar-refractivity contribution in [2.45, 2.75) is 6.92 Å². The molecule has 3 nitrogen and oxygen atoms in total. The number of aryl methyl sites for hydroxylation is 1. The van der Waals surface area contributed by atoms with Crippen LogP contribution in [0.3, 0.4) is 0 Å². The van der Waals surface area contributed by atoms with E-state index < -0.39 is 5.82 Å². The van der Waals surface area contributed by atoms with E-state index in [2.05, 4.69) is 4.98 Å². The van der Waals surface area contributed by atoms with E-state index in [1.807, 2.05) is 0 Å². The van der Waals surface area contributed by atoms with E-state index >= 15 is 0 Å². The number of thiazole rings is 1.